The van der Waals surface area contributed by atoms with Crippen LogP contribution in [0.1, 0.15) is 18.1 Å². The molecule has 7 nitrogen and oxygen atoms in total. The van der Waals surface area contributed by atoms with Gasteiger partial charge in [0, 0.05) is 32.7 Å². The molecule has 0 amide bonds. The molecule has 0 spiro atoms. The number of ether oxygens (including phenoxy) is 2. The van der Waals surface area contributed by atoms with E-state index in [0.717, 1.165) is 43.9 Å². The van der Waals surface area contributed by atoms with E-state index in [9.17, 15) is 4.39 Å². The van der Waals surface area contributed by atoms with Gasteiger partial charge < -0.3 is 30.3 Å². The van der Waals surface area contributed by atoms with E-state index in [1.54, 1.807) is 20.3 Å². The van der Waals surface area contributed by atoms with Crippen LogP contribution in [0.5, 0.6) is 11.5 Å². The Morgan fingerprint density at radius 1 is 1.03 bits per heavy atom. The van der Waals surface area contributed by atoms with Crippen molar-refractivity contribution in [3.05, 3.63) is 53.3 Å². The molecule has 1 fully saturated rings. The molecule has 0 aliphatic carbocycles. The minimum absolute atomic E-state index is 0. The summed E-state index contributed by atoms with van der Waals surface area (Å²) in [7, 11) is 3.20. The molecule has 0 radical (unpaired) electrons. The molecule has 0 unspecified atom stereocenters. The minimum atomic E-state index is -0.213. The monoisotopic (exact) mass is 557 g/mol. The normalized spacial score (nSPS) is 14.6. The molecule has 9 heteroatoms. The lowest BCUT2D eigenvalue weighted by molar-refractivity contribution is 0.270. The lowest BCUT2D eigenvalue weighted by Crippen LogP contribution is -2.46. The van der Waals surface area contributed by atoms with E-state index in [1.165, 1.54) is 0 Å². The first kappa shape index (κ1) is 26.0. The van der Waals surface area contributed by atoms with Gasteiger partial charge in [0.25, 0.3) is 0 Å². The Morgan fingerprint density at radius 3 is 2.34 bits per heavy atom. The number of halogens is 2. The molecule has 0 aromatic heterocycles. The van der Waals surface area contributed by atoms with Crippen molar-refractivity contribution < 1.29 is 13.9 Å². The lowest BCUT2D eigenvalue weighted by Gasteiger charge is -2.35. The molecule has 0 saturated carbocycles. The minimum Gasteiger partial charge on any atom is -0.493 e. The molecule has 0 bridgehead atoms. The van der Waals surface area contributed by atoms with Crippen LogP contribution in [-0.4, -0.2) is 57.8 Å². The van der Waals surface area contributed by atoms with Crippen LogP contribution in [0.25, 0.3) is 0 Å². The third-order valence-electron chi connectivity index (χ3n) is 5.53. The van der Waals surface area contributed by atoms with E-state index in [0.29, 0.717) is 36.2 Å². The van der Waals surface area contributed by atoms with Crippen molar-refractivity contribution in [3.8, 4) is 11.5 Å². The molecule has 1 aliphatic heterocycles. The van der Waals surface area contributed by atoms with Crippen LogP contribution in [0.15, 0.2) is 41.4 Å². The summed E-state index contributed by atoms with van der Waals surface area (Å²) < 4.78 is 25.2. The number of nitrogens with one attached hydrogen (secondary N) is 1. The molecule has 2 aromatic carbocycles. The number of aliphatic imine (C=N–C) groups is 1. The van der Waals surface area contributed by atoms with Gasteiger partial charge in [0.05, 0.1) is 26.5 Å². The number of methoxy groups -OCH3 is 2. The average molecular weight is 557 g/mol. The Morgan fingerprint density at radius 2 is 1.72 bits per heavy atom. The van der Waals surface area contributed by atoms with E-state index in [4.69, 9.17) is 15.2 Å². The van der Waals surface area contributed by atoms with Crippen molar-refractivity contribution in [2.24, 2.45) is 10.7 Å². The highest BCUT2D eigenvalue weighted by Crippen LogP contribution is 2.27. The van der Waals surface area contributed by atoms with Gasteiger partial charge in [-0.2, -0.15) is 0 Å². The molecule has 0 atom stereocenters. The Balaban J connectivity index is 0.00000363. The van der Waals surface area contributed by atoms with Gasteiger partial charge in [-0.3, -0.25) is 0 Å². The number of likely N-dealkylation sites (N-methyl/N-ethyl adjacent to an activating group) is 1. The molecular weight excluding hydrogens is 524 g/mol. The van der Waals surface area contributed by atoms with Crippen LogP contribution in [0, 0.1) is 5.82 Å². The molecule has 1 aliphatic rings. The van der Waals surface area contributed by atoms with Crippen LogP contribution < -0.4 is 25.4 Å². The van der Waals surface area contributed by atoms with Gasteiger partial charge >= 0.3 is 0 Å². The summed E-state index contributed by atoms with van der Waals surface area (Å²) in [6.45, 7) is 7.60. The second-order valence-electron chi connectivity index (χ2n) is 7.45. The van der Waals surface area contributed by atoms with Gasteiger partial charge in [0.2, 0.25) is 0 Å². The van der Waals surface area contributed by atoms with Crippen LogP contribution in [0.3, 0.4) is 0 Å². The van der Waals surface area contributed by atoms with Crippen molar-refractivity contribution in [2.45, 2.75) is 20.0 Å². The Hall–Kier alpha value is -2.27. The summed E-state index contributed by atoms with van der Waals surface area (Å²) in [5, 5.41) is 3.07. The first-order valence-electron chi connectivity index (χ1n) is 10.5. The summed E-state index contributed by atoms with van der Waals surface area (Å²) in [5.74, 6) is 1.42. The van der Waals surface area contributed by atoms with E-state index >= 15 is 0 Å². The number of rotatable bonds is 8. The van der Waals surface area contributed by atoms with E-state index in [-0.39, 0.29) is 29.8 Å². The summed E-state index contributed by atoms with van der Waals surface area (Å²) in [6.07, 6.45) is 0. The predicted octanol–water partition coefficient (Wildman–Crippen LogP) is 3.21. The molecule has 1 heterocycles. The number of anilines is 1. The maximum Gasteiger partial charge on any atom is 0.189 e. The second kappa shape index (κ2) is 12.7. The quantitative estimate of drug-likeness (QED) is 0.295. The highest BCUT2D eigenvalue weighted by atomic mass is 127. The third kappa shape index (κ3) is 6.86. The smallest absolute Gasteiger partial charge is 0.189 e. The molecule has 32 heavy (non-hydrogen) atoms. The zero-order chi connectivity index (χ0) is 22.2. The maximum absolute atomic E-state index is 14.7. The fourth-order valence-electron chi connectivity index (χ4n) is 3.63. The van der Waals surface area contributed by atoms with Crippen molar-refractivity contribution in [2.75, 3.05) is 51.8 Å². The van der Waals surface area contributed by atoms with Crippen LogP contribution in [0.4, 0.5) is 10.1 Å². The topological polar surface area (TPSA) is 75.4 Å². The third-order valence-corrected chi connectivity index (χ3v) is 5.53. The van der Waals surface area contributed by atoms with E-state index in [2.05, 4.69) is 27.0 Å². The zero-order valence-corrected chi connectivity index (χ0v) is 21.3. The van der Waals surface area contributed by atoms with Crippen LogP contribution >= 0.6 is 24.0 Å². The predicted molar refractivity (Wildman–Crippen MR) is 138 cm³/mol. The number of nitrogens with two attached hydrogens (primary N) is 1. The van der Waals surface area contributed by atoms with E-state index < -0.39 is 0 Å². The van der Waals surface area contributed by atoms with Gasteiger partial charge in [-0.25, -0.2) is 9.38 Å². The number of nitrogens with zero attached hydrogens (tertiary/aromatic N) is 3. The van der Waals surface area contributed by atoms with Crippen LogP contribution in [-0.2, 0) is 13.1 Å². The van der Waals surface area contributed by atoms with Gasteiger partial charge in [-0.15, -0.1) is 24.0 Å². The summed E-state index contributed by atoms with van der Waals surface area (Å²) in [5.41, 5.74) is 8.40. The van der Waals surface area contributed by atoms with Gasteiger partial charge in [0.15, 0.2) is 17.5 Å². The lowest BCUT2D eigenvalue weighted by atomic mass is 10.1. The molecular formula is C23H33FIN5O2. The molecule has 3 rings (SSSR count). The summed E-state index contributed by atoms with van der Waals surface area (Å²) in [6, 6.07) is 11.0. The van der Waals surface area contributed by atoms with Crippen molar-refractivity contribution >= 4 is 35.6 Å². The SMILES string of the molecule is CCN1CCN(c2ccc(CN=C(N)NCc3ccc(OC)c(OC)c3)cc2F)CC1.I. The molecule has 176 valence electrons. The highest BCUT2D eigenvalue weighted by Gasteiger charge is 2.18. The molecule has 1 saturated heterocycles. The second-order valence-corrected chi connectivity index (χ2v) is 7.45. The summed E-state index contributed by atoms with van der Waals surface area (Å²) >= 11 is 0. The maximum atomic E-state index is 14.7. The largest absolute Gasteiger partial charge is 0.493 e. The first-order valence-corrected chi connectivity index (χ1v) is 10.5. The number of piperazine rings is 1. The Kier molecular flexibility index (Phi) is 10.3. The first-order chi connectivity index (χ1) is 15.0. The molecule has 2 aromatic rings. The number of hydrogen-bond donors (Lipinski definition) is 2. The summed E-state index contributed by atoms with van der Waals surface area (Å²) in [4.78, 5) is 8.81. The standard InChI is InChI=1S/C23H32FN5O2.HI/c1-4-28-9-11-29(12-10-28)20-7-5-17(13-19(20)24)15-26-23(25)27-16-18-6-8-21(30-2)22(14-18)31-3;/h5-8,13-14H,4,9-12,15-16H2,1-3H3,(H3,25,26,27);1H. The Bertz CT molecular complexity index is 904. The van der Waals surface area contributed by atoms with Crippen molar-refractivity contribution in [3.63, 3.8) is 0 Å². The van der Waals surface area contributed by atoms with E-state index in [1.807, 2.05) is 30.3 Å². The molecule has 3 N–H and O–H groups in total. The van der Waals surface area contributed by atoms with Gasteiger partial charge in [-0.05, 0) is 41.9 Å². The number of guanidine groups is 1. The van der Waals surface area contributed by atoms with Crippen molar-refractivity contribution in [1.29, 1.82) is 0 Å². The average Bonchev–Trinajstić information content (AvgIpc) is 2.81. The number of hydrogen-bond acceptors (Lipinski definition) is 5. The Labute approximate surface area is 206 Å². The number of benzene rings is 2. The fraction of sp³-hybridized carbons (Fsp3) is 0.435. The van der Waals surface area contributed by atoms with Crippen LogP contribution in [0.2, 0.25) is 0 Å². The van der Waals surface area contributed by atoms with Gasteiger partial charge in [-0.1, -0.05) is 19.1 Å². The van der Waals surface area contributed by atoms with Crippen molar-refractivity contribution in [1.82, 2.24) is 10.2 Å². The zero-order valence-electron chi connectivity index (χ0n) is 18.9. The highest BCUT2D eigenvalue weighted by molar-refractivity contribution is 14.0. The fourth-order valence-corrected chi connectivity index (χ4v) is 3.63. The van der Waals surface area contributed by atoms with Gasteiger partial charge in [0.1, 0.15) is 5.82 Å².